The van der Waals surface area contributed by atoms with Gasteiger partial charge in [-0.2, -0.15) is 4.80 Å². The van der Waals surface area contributed by atoms with E-state index in [0.29, 0.717) is 5.92 Å². The summed E-state index contributed by atoms with van der Waals surface area (Å²) in [6.07, 6.45) is 3.93. The molecule has 0 spiro atoms. The van der Waals surface area contributed by atoms with E-state index in [4.69, 9.17) is 0 Å². The Morgan fingerprint density at radius 1 is 1.33 bits per heavy atom. The monoisotopic (exact) mass is 299 g/mol. The first-order valence-corrected chi connectivity index (χ1v) is 8.21. The van der Waals surface area contributed by atoms with Gasteiger partial charge in [-0.15, -0.1) is 21.5 Å². The molecule has 1 aliphatic rings. The second-order valence-corrected chi connectivity index (χ2v) is 6.41. The predicted molar refractivity (Wildman–Crippen MR) is 83.4 cm³/mol. The van der Waals surface area contributed by atoms with E-state index in [1.165, 1.54) is 34.8 Å². The highest BCUT2D eigenvalue weighted by atomic mass is 32.1. The summed E-state index contributed by atoms with van der Waals surface area (Å²) in [4.78, 5) is 1.78. The maximum absolute atomic E-state index is 4.33. The maximum atomic E-state index is 4.33. The summed E-state index contributed by atoms with van der Waals surface area (Å²) in [5.74, 6) is 0.506. The van der Waals surface area contributed by atoms with Crippen molar-refractivity contribution >= 4 is 21.4 Å². The van der Waals surface area contributed by atoms with E-state index in [1.54, 1.807) is 16.1 Å². The van der Waals surface area contributed by atoms with Gasteiger partial charge < -0.3 is 5.32 Å². The van der Waals surface area contributed by atoms with Crippen LogP contribution in [-0.4, -0.2) is 33.3 Å². The minimum absolute atomic E-state index is 0.163. The van der Waals surface area contributed by atoms with E-state index in [-0.39, 0.29) is 6.04 Å². The number of piperidine rings is 1. The number of hydrogen-bond acceptors (Lipinski definition) is 5. The molecular formula is C15H17N5S. The first-order valence-electron chi connectivity index (χ1n) is 7.33. The molecule has 1 saturated heterocycles. The van der Waals surface area contributed by atoms with Crippen LogP contribution in [0.3, 0.4) is 0 Å². The van der Waals surface area contributed by atoms with Crippen molar-refractivity contribution in [2.75, 3.05) is 13.1 Å². The number of nitrogens with one attached hydrogen (secondary N) is 1. The second-order valence-electron chi connectivity index (χ2n) is 5.49. The molecule has 0 amide bonds. The fraction of sp³-hybridized carbons (Fsp3) is 0.400. The Morgan fingerprint density at radius 3 is 3.10 bits per heavy atom. The number of rotatable bonds is 3. The van der Waals surface area contributed by atoms with Crippen molar-refractivity contribution in [3.8, 4) is 0 Å². The standard InChI is InChI=1S/C15H17N5S/c1-2-6-14-12(5-1)13(9-21-14)15(20-18-10-17-19-20)11-4-3-7-16-8-11/h1-2,5-6,9-11,15-16H,3-4,7-8H2/t11-,15?/m0/s1. The lowest BCUT2D eigenvalue weighted by Crippen LogP contribution is -2.36. The number of benzene rings is 1. The third kappa shape index (κ3) is 2.34. The van der Waals surface area contributed by atoms with Gasteiger partial charge in [-0.3, -0.25) is 0 Å². The molecule has 0 aliphatic carbocycles. The number of fused-ring (bicyclic) bond motifs is 1. The van der Waals surface area contributed by atoms with Crippen LogP contribution in [0.1, 0.15) is 24.4 Å². The molecule has 4 rings (SSSR count). The summed E-state index contributed by atoms with van der Waals surface area (Å²) >= 11 is 1.79. The molecule has 6 heteroatoms. The van der Waals surface area contributed by atoms with E-state index in [9.17, 15) is 0 Å². The SMILES string of the molecule is c1ccc2c(C([C@H]3CCCNC3)n3ncnn3)csc2c1. The predicted octanol–water partition coefficient (Wildman–Crippen LogP) is 2.48. The van der Waals surface area contributed by atoms with Crippen LogP contribution in [0.25, 0.3) is 10.1 Å². The Balaban J connectivity index is 1.81. The Kier molecular flexibility index (Phi) is 3.40. The highest BCUT2D eigenvalue weighted by molar-refractivity contribution is 7.17. The lowest BCUT2D eigenvalue weighted by Gasteiger charge is -2.29. The minimum atomic E-state index is 0.163. The molecule has 1 fully saturated rings. The molecule has 5 nitrogen and oxygen atoms in total. The van der Waals surface area contributed by atoms with Crippen LogP contribution in [0.5, 0.6) is 0 Å². The zero-order chi connectivity index (χ0) is 14.1. The van der Waals surface area contributed by atoms with Gasteiger partial charge in [-0.1, -0.05) is 18.2 Å². The van der Waals surface area contributed by atoms with Crippen molar-refractivity contribution in [2.45, 2.75) is 18.9 Å². The van der Waals surface area contributed by atoms with Crippen molar-refractivity contribution in [3.63, 3.8) is 0 Å². The van der Waals surface area contributed by atoms with Gasteiger partial charge in [0.25, 0.3) is 0 Å². The quantitative estimate of drug-likeness (QED) is 0.807. The summed E-state index contributed by atoms with van der Waals surface area (Å²) in [7, 11) is 0. The zero-order valence-corrected chi connectivity index (χ0v) is 12.5. The summed E-state index contributed by atoms with van der Waals surface area (Å²) in [6, 6.07) is 8.73. The normalized spacial score (nSPS) is 20.7. The molecule has 3 aromatic rings. The highest BCUT2D eigenvalue weighted by Crippen LogP contribution is 2.37. The average Bonchev–Trinajstić information content (AvgIpc) is 3.20. The summed E-state index contributed by atoms with van der Waals surface area (Å²) in [6.45, 7) is 2.12. The Morgan fingerprint density at radius 2 is 2.29 bits per heavy atom. The smallest absolute Gasteiger partial charge is 0.162 e. The molecule has 0 radical (unpaired) electrons. The fourth-order valence-corrected chi connectivity index (χ4v) is 4.24. The highest BCUT2D eigenvalue weighted by Gasteiger charge is 2.30. The van der Waals surface area contributed by atoms with Crippen LogP contribution < -0.4 is 5.32 Å². The topological polar surface area (TPSA) is 55.6 Å². The number of thiophene rings is 1. The Bertz CT molecular complexity index is 715. The number of tetrazole rings is 1. The molecule has 1 unspecified atom stereocenters. The molecule has 3 heterocycles. The maximum Gasteiger partial charge on any atom is 0.162 e. The molecule has 1 N–H and O–H groups in total. The molecule has 108 valence electrons. The molecule has 21 heavy (non-hydrogen) atoms. The van der Waals surface area contributed by atoms with E-state index in [2.05, 4.69) is 50.4 Å². The molecule has 2 aromatic heterocycles. The average molecular weight is 299 g/mol. The minimum Gasteiger partial charge on any atom is -0.316 e. The van der Waals surface area contributed by atoms with Gasteiger partial charge >= 0.3 is 0 Å². The van der Waals surface area contributed by atoms with E-state index >= 15 is 0 Å². The van der Waals surface area contributed by atoms with Crippen LogP contribution in [0, 0.1) is 5.92 Å². The van der Waals surface area contributed by atoms with Gasteiger partial charge in [0.1, 0.15) is 6.04 Å². The third-order valence-electron chi connectivity index (χ3n) is 4.22. The van der Waals surface area contributed by atoms with Crippen molar-refractivity contribution in [1.29, 1.82) is 0 Å². The van der Waals surface area contributed by atoms with Gasteiger partial charge in [0.15, 0.2) is 6.33 Å². The summed E-state index contributed by atoms with van der Waals surface area (Å²) < 4.78 is 1.32. The van der Waals surface area contributed by atoms with Gasteiger partial charge in [0.05, 0.1) is 0 Å². The van der Waals surface area contributed by atoms with Crippen molar-refractivity contribution in [2.24, 2.45) is 5.92 Å². The summed E-state index contributed by atoms with van der Waals surface area (Å²) in [5, 5.41) is 19.5. The molecule has 1 aliphatic heterocycles. The van der Waals surface area contributed by atoms with Crippen LogP contribution in [0.2, 0.25) is 0 Å². The molecule has 2 atom stereocenters. The van der Waals surface area contributed by atoms with Crippen molar-refractivity contribution in [3.05, 3.63) is 41.5 Å². The molecule has 0 saturated carbocycles. The number of nitrogens with zero attached hydrogens (tertiary/aromatic N) is 4. The lowest BCUT2D eigenvalue weighted by atomic mass is 9.87. The second kappa shape index (κ2) is 5.54. The van der Waals surface area contributed by atoms with Crippen LogP contribution in [0.15, 0.2) is 36.0 Å². The first kappa shape index (κ1) is 12.9. The van der Waals surface area contributed by atoms with Crippen LogP contribution in [0.4, 0.5) is 0 Å². The third-order valence-corrected chi connectivity index (χ3v) is 5.21. The van der Waals surface area contributed by atoms with Crippen molar-refractivity contribution in [1.82, 2.24) is 25.5 Å². The van der Waals surface area contributed by atoms with E-state index in [0.717, 1.165) is 13.1 Å². The van der Waals surface area contributed by atoms with E-state index < -0.39 is 0 Å². The van der Waals surface area contributed by atoms with Gasteiger partial charge in [-0.05, 0) is 52.9 Å². The largest absolute Gasteiger partial charge is 0.316 e. The van der Waals surface area contributed by atoms with Gasteiger partial charge in [0.2, 0.25) is 0 Å². The summed E-state index contributed by atoms with van der Waals surface area (Å²) in [5.41, 5.74) is 1.32. The Labute approximate surface area is 127 Å². The fourth-order valence-electron chi connectivity index (χ4n) is 3.25. The first-order chi connectivity index (χ1) is 10.4. The zero-order valence-electron chi connectivity index (χ0n) is 11.6. The number of aromatic nitrogens is 4. The number of hydrogen-bond donors (Lipinski definition) is 1. The van der Waals surface area contributed by atoms with Gasteiger partial charge in [-0.25, -0.2) is 0 Å². The molecule has 1 aromatic carbocycles. The van der Waals surface area contributed by atoms with Gasteiger partial charge in [0, 0.05) is 11.2 Å². The van der Waals surface area contributed by atoms with E-state index in [1.807, 2.05) is 0 Å². The molecular weight excluding hydrogens is 282 g/mol. The van der Waals surface area contributed by atoms with Crippen LogP contribution in [-0.2, 0) is 0 Å². The molecule has 0 bridgehead atoms. The Hall–Kier alpha value is -1.79. The van der Waals surface area contributed by atoms with Crippen molar-refractivity contribution < 1.29 is 0 Å². The lowest BCUT2D eigenvalue weighted by molar-refractivity contribution is 0.263. The van der Waals surface area contributed by atoms with Crippen LogP contribution >= 0.6 is 11.3 Å².